The first-order valence-electron chi connectivity index (χ1n) is 4.51. The van der Waals surface area contributed by atoms with E-state index in [4.69, 9.17) is 0 Å². The van der Waals surface area contributed by atoms with Gasteiger partial charge in [0.15, 0.2) is 0 Å². The Labute approximate surface area is 82.1 Å². The van der Waals surface area contributed by atoms with Crippen LogP contribution in [0.15, 0.2) is 24.3 Å². The van der Waals surface area contributed by atoms with E-state index in [0.717, 1.165) is 0 Å². The summed E-state index contributed by atoms with van der Waals surface area (Å²) in [6.07, 6.45) is 2.51. The molecule has 1 aromatic rings. The topological polar surface area (TPSA) is 0 Å². The fraction of sp³-hybridized carbons (Fsp3) is 0.455. The first kappa shape index (κ1) is 8.31. The van der Waals surface area contributed by atoms with Gasteiger partial charge < -0.3 is 0 Å². The fourth-order valence-corrected chi connectivity index (χ4v) is 2.46. The largest absolute Gasteiger partial charge is 0.0884 e. The van der Waals surface area contributed by atoms with E-state index in [1.54, 1.807) is 5.56 Å². The lowest BCUT2D eigenvalue weighted by atomic mass is 9.84. The van der Waals surface area contributed by atoms with E-state index in [-0.39, 0.29) is 0 Å². The van der Waals surface area contributed by atoms with Crippen LogP contribution in [0.2, 0.25) is 0 Å². The second-order valence-corrected chi connectivity index (χ2v) is 4.72. The van der Waals surface area contributed by atoms with Gasteiger partial charge in [0.1, 0.15) is 0 Å². The molecule has 2 rings (SSSR count). The van der Waals surface area contributed by atoms with Crippen molar-refractivity contribution in [2.45, 2.75) is 30.5 Å². The Balaban J connectivity index is 2.42. The van der Waals surface area contributed by atoms with E-state index in [0.29, 0.717) is 10.7 Å². The summed E-state index contributed by atoms with van der Waals surface area (Å²) < 4.78 is 0. The molecule has 0 saturated carbocycles. The van der Waals surface area contributed by atoms with Gasteiger partial charge in [-0.05, 0) is 29.9 Å². The minimum atomic E-state index is 0.674. The lowest BCUT2D eigenvalue weighted by Gasteiger charge is -2.26. The maximum atomic E-state index is 3.72. The predicted molar refractivity (Wildman–Crippen MR) is 55.9 cm³/mol. The smallest absolute Gasteiger partial charge is 0.0215 e. The second kappa shape index (κ2) is 3.21. The van der Waals surface area contributed by atoms with Crippen LogP contribution in [0.3, 0.4) is 0 Å². The Morgan fingerprint density at radius 3 is 2.92 bits per heavy atom. The highest BCUT2D eigenvalue weighted by Crippen LogP contribution is 2.35. The zero-order valence-corrected chi connectivity index (χ0v) is 8.84. The predicted octanol–water partition coefficient (Wildman–Crippen LogP) is 3.50. The van der Waals surface area contributed by atoms with Gasteiger partial charge in [-0.15, -0.1) is 0 Å². The van der Waals surface area contributed by atoms with E-state index in [2.05, 4.69) is 47.1 Å². The molecule has 2 atom stereocenters. The summed E-state index contributed by atoms with van der Waals surface area (Å²) in [7, 11) is 0. The van der Waals surface area contributed by atoms with Crippen molar-refractivity contribution in [1.29, 1.82) is 0 Å². The molecule has 12 heavy (non-hydrogen) atoms. The fourth-order valence-electron chi connectivity index (χ4n) is 1.94. The molecular formula is C11H13Br. The van der Waals surface area contributed by atoms with E-state index in [9.17, 15) is 0 Å². The molecule has 0 heterocycles. The van der Waals surface area contributed by atoms with Crippen molar-refractivity contribution in [2.24, 2.45) is 0 Å². The van der Waals surface area contributed by atoms with Crippen molar-refractivity contribution in [1.82, 2.24) is 0 Å². The molecule has 1 aliphatic rings. The third kappa shape index (κ3) is 1.31. The normalized spacial score (nSPS) is 28.2. The Hall–Kier alpha value is -0.300. The lowest BCUT2D eigenvalue weighted by Crippen LogP contribution is -2.17. The van der Waals surface area contributed by atoms with Crippen molar-refractivity contribution in [3.8, 4) is 0 Å². The third-order valence-electron chi connectivity index (χ3n) is 2.78. The van der Waals surface area contributed by atoms with E-state index < -0.39 is 0 Å². The van der Waals surface area contributed by atoms with Crippen LogP contribution in [0.1, 0.15) is 30.4 Å². The molecule has 64 valence electrons. The monoisotopic (exact) mass is 224 g/mol. The molecular weight excluding hydrogens is 212 g/mol. The number of aryl methyl sites for hydroxylation is 1. The van der Waals surface area contributed by atoms with Crippen LogP contribution in [-0.2, 0) is 6.42 Å². The SMILES string of the molecule is CC1c2ccccc2CCC1Br. The van der Waals surface area contributed by atoms with Crippen molar-refractivity contribution in [2.75, 3.05) is 0 Å². The number of fused-ring (bicyclic) bond motifs is 1. The highest BCUT2D eigenvalue weighted by molar-refractivity contribution is 9.09. The summed E-state index contributed by atoms with van der Waals surface area (Å²) in [6.45, 7) is 2.30. The molecule has 1 aliphatic carbocycles. The van der Waals surface area contributed by atoms with Crippen LogP contribution in [0.4, 0.5) is 0 Å². The molecule has 2 unspecified atom stereocenters. The minimum Gasteiger partial charge on any atom is -0.0884 e. The van der Waals surface area contributed by atoms with Crippen LogP contribution >= 0.6 is 15.9 Å². The number of alkyl halides is 1. The highest BCUT2D eigenvalue weighted by atomic mass is 79.9. The van der Waals surface area contributed by atoms with Crippen LogP contribution in [0.25, 0.3) is 0 Å². The highest BCUT2D eigenvalue weighted by Gasteiger charge is 2.22. The Bertz CT molecular complexity index is 280. The zero-order chi connectivity index (χ0) is 8.55. The molecule has 0 fully saturated rings. The van der Waals surface area contributed by atoms with Gasteiger partial charge in [-0.2, -0.15) is 0 Å². The average Bonchev–Trinajstić information content (AvgIpc) is 2.12. The molecule has 1 heteroatoms. The first-order valence-corrected chi connectivity index (χ1v) is 5.42. The molecule has 0 spiro atoms. The molecule has 0 amide bonds. The first-order chi connectivity index (χ1) is 5.79. The van der Waals surface area contributed by atoms with Gasteiger partial charge >= 0.3 is 0 Å². The van der Waals surface area contributed by atoms with Gasteiger partial charge in [-0.1, -0.05) is 47.1 Å². The second-order valence-electron chi connectivity index (χ2n) is 3.54. The Kier molecular flexibility index (Phi) is 2.22. The Morgan fingerprint density at radius 1 is 1.33 bits per heavy atom. The molecule has 1 aromatic carbocycles. The molecule has 0 saturated heterocycles. The van der Waals surface area contributed by atoms with Crippen LogP contribution in [0, 0.1) is 0 Å². The molecule has 0 bridgehead atoms. The van der Waals surface area contributed by atoms with Gasteiger partial charge in [0.25, 0.3) is 0 Å². The molecule has 0 aromatic heterocycles. The maximum Gasteiger partial charge on any atom is 0.0215 e. The molecule has 0 aliphatic heterocycles. The van der Waals surface area contributed by atoms with Gasteiger partial charge in [-0.25, -0.2) is 0 Å². The number of halogens is 1. The molecule has 0 nitrogen and oxygen atoms in total. The van der Waals surface area contributed by atoms with Crippen molar-refractivity contribution >= 4 is 15.9 Å². The summed E-state index contributed by atoms with van der Waals surface area (Å²) in [5.41, 5.74) is 3.08. The Morgan fingerprint density at radius 2 is 2.08 bits per heavy atom. The maximum absolute atomic E-state index is 3.72. The molecule has 0 radical (unpaired) electrons. The molecule has 0 N–H and O–H groups in total. The van der Waals surface area contributed by atoms with E-state index >= 15 is 0 Å². The standard InChI is InChI=1S/C11H13Br/c1-8-10-5-3-2-4-9(10)6-7-11(8)12/h2-5,8,11H,6-7H2,1H3. The van der Waals surface area contributed by atoms with E-state index in [1.165, 1.54) is 18.4 Å². The lowest BCUT2D eigenvalue weighted by molar-refractivity contribution is 0.615. The number of benzene rings is 1. The summed E-state index contributed by atoms with van der Waals surface area (Å²) in [5.74, 6) is 0.676. The number of hydrogen-bond donors (Lipinski definition) is 0. The third-order valence-corrected chi connectivity index (χ3v) is 4.03. The van der Waals surface area contributed by atoms with Crippen LogP contribution in [0.5, 0.6) is 0 Å². The quantitative estimate of drug-likeness (QED) is 0.593. The van der Waals surface area contributed by atoms with Gasteiger partial charge in [0, 0.05) is 4.83 Å². The van der Waals surface area contributed by atoms with Gasteiger partial charge in [-0.3, -0.25) is 0 Å². The van der Waals surface area contributed by atoms with Crippen LogP contribution < -0.4 is 0 Å². The summed E-state index contributed by atoms with van der Waals surface area (Å²) in [4.78, 5) is 0.674. The summed E-state index contributed by atoms with van der Waals surface area (Å²) in [5, 5.41) is 0. The number of hydrogen-bond acceptors (Lipinski definition) is 0. The van der Waals surface area contributed by atoms with Crippen LogP contribution in [-0.4, -0.2) is 4.83 Å². The van der Waals surface area contributed by atoms with E-state index in [1.807, 2.05) is 0 Å². The summed E-state index contributed by atoms with van der Waals surface area (Å²) in [6, 6.07) is 8.79. The van der Waals surface area contributed by atoms with Gasteiger partial charge in [0.05, 0.1) is 0 Å². The minimum absolute atomic E-state index is 0.674. The van der Waals surface area contributed by atoms with Crippen molar-refractivity contribution in [3.63, 3.8) is 0 Å². The van der Waals surface area contributed by atoms with Crippen molar-refractivity contribution in [3.05, 3.63) is 35.4 Å². The average molecular weight is 225 g/mol. The number of rotatable bonds is 0. The van der Waals surface area contributed by atoms with Gasteiger partial charge in [0.2, 0.25) is 0 Å². The van der Waals surface area contributed by atoms with Crippen molar-refractivity contribution < 1.29 is 0 Å². The zero-order valence-electron chi connectivity index (χ0n) is 7.26. The summed E-state index contributed by atoms with van der Waals surface area (Å²) >= 11 is 3.72.